The average Bonchev–Trinajstić information content (AvgIpc) is 2.29. The van der Waals surface area contributed by atoms with E-state index in [2.05, 4.69) is 21.2 Å². The second-order valence-corrected chi connectivity index (χ2v) is 5.85. The lowest BCUT2D eigenvalue weighted by Gasteiger charge is -2.25. The SMILES string of the molecule is CCNCC(C)(C)COc1cc(Br)cc(F)c1F. The Balaban J connectivity index is 2.68. The molecule has 0 saturated heterocycles. The van der Waals surface area contributed by atoms with Crippen molar-refractivity contribution in [3.63, 3.8) is 0 Å². The maximum Gasteiger partial charge on any atom is 0.200 e. The molecular formula is C13H18BrF2NO. The number of hydrogen-bond acceptors (Lipinski definition) is 2. The number of nitrogens with one attached hydrogen (secondary N) is 1. The molecule has 5 heteroatoms. The standard InChI is InChI=1S/C13H18BrF2NO/c1-4-17-7-13(2,3)8-18-11-6-9(14)5-10(15)12(11)16/h5-6,17H,4,7-8H2,1-3H3. The van der Waals surface area contributed by atoms with E-state index in [1.54, 1.807) is 0 Å². The van der Waals surface area contributed by atoms with Crippen LogP contribution in [0.5, 0.6) is 5.75 Å². The fourth-order valence-electron chi connectivity index (χ4n) is 1.42. The number of hydrogen-bond donors (Lipinski definition) is 1. The van der Waals surface area contributed by atoms with Crippen LogP contribution in [0.15, 0.2) is 16.6 Å². The van der Waals surface area contributed by atoms with Gasteiger partial charge in [0.15, 0.2) is 11.6 Å². The maximum absolute atomic E-state index is 13.5. The number of ether oxygens (including phenoxy) is 1. The molecule has 0 aromatic heterocycles. The van der Waals surface area contributed by atoms with Gasteiger partial charge in [-0.1, -0.05) is 36.7 Å². The van der Waals surface area contributed by atoms with Crippen LogP contribution in [0.2, 0.25) is 0 Å². The lowest BCUT2D eigenvalue weighted by atomic mass is 9.95. The third-order valence-corrected chi connectivity index (χ3v) is 2.89. The van der Waals surface area contributed by atoms with Crippen LogP contribution in [0.25, 0.3) is 0 Å². The van der Waals surface area contributed by atoms with Gasteiger partial charge in [0.2, 0.25) is 5.82 Å². The van der Waals surface area contributed by atoms with Gasteiger partial charge in [-0.2, -0.15) is 4.39 Å². The zero-order valence-electron chi connectivity index (χ0n) is 10.8. The molecule has 0 aliphatic rings. The van der Waals surface area contributed by atoms with E-state index in [-0.39, 0.29) is 11.2 Å². The van der Waals surface area contributed by atoms with Gasteiger partial charge in [0.05, 0.1) is 6.61 Å². The molecule has 0 heterocycles. The van der Waals surface area contributed by atoms with E-state index in [0.29, 0.717) is 11.1 Å². The van der Waals surface area contributed by atoms with Crippen molar-refractivity contribution in [1.29, 1.82) is 0 Å². The second kappa shape index (κ2) is 6.48. The Kier molecular flexibility index (Phi) is 5.53. The van der Waals surface area contributed by atoms with Crippen LogP contribution in [-0.2, 0) is 0 Å². The van der Waals surface area contributed by atoms with E-state index in [9.17, 15) is 8.78 Å². The smallest absolute Gasteiger partial charge is 0.200 e. The number of benzene rings is 1. The minimum atomic E-state index is -0.947. The van der Waals surface area contributed by atoms with Gasteiger partial charge in [0.25, 0.3) is 0 Å². The van der Waals surface area contributed by atoms with E-state index in [4.69, 9.17) is 4.74 Å². The quantitative estimate of drug-likeness (QED) is 0.806. The summed E-state index contributed by atoms with van der Waals surface area (Å²) in [5.74, 6) is -1.92. The van der Waals surface area contributed by atoms with Gasteiger partial charge >= 0.3 is 0 Å². The van der Waals surface area contributed by atoms with Gasteiger partial charge in [-0.25, -0.2) is 4.39 Å². The predicted octanol–water partition coefficient (Wildman–Crippen LogP) is 3.74. The minimum absolute atomic E-state index is 0.0635. The Hall–Kier alpha value is -0.680. The summed E-state index contributed by atoms with van der Waals surface area (Å²) < 4.78 is 32.5. The zero-order chi connectivity index (χ0) is 13.8. The van der Waals surface area contributed by atoms with E-state index < -0.39 is 11.6 Å². The molecule has 1 rings (SSSR count). The van der Waals surface area contributed by atoms with Crippen LogP contribution in [-0.4, -0.2) is 19.7 Å². The summed E-state index contributed by atoms with van der Waals surface area (Å²) in [4.78, 5) is 0. The highest BCUT2D eigenvalue weighted by Crippen LogP contribution is 2.27. The molecule has 1 N–H and O–H groups in total. The van der Waals surface area contributed by atoms with Gasteiger partial charge in [-0.15, -0.1) is 0 Å². The first-order valence-corrected chi connectivity index (χ1v) is 6.63. The predicted molar refractivity (Wildman–Crippen MR) is 71.9 cm³/mol. The summed E-state index contributed by atoms with van der Waals surface area (Å²) in [5, 5.41) is 3.21. The van der Waals surface area contributed by atoms with Gasteiger partial charge in [-0.3, -0.25) is 0 Å². The van der Waals surface area contributed by atoms with Crippen LogP contribution >= 0.6 is 15.9 Å². The van der Waals surface area contributed by atoms with E-state index in [0.717, 1.165) is 19.2 Å². The van der Waals surface area contributed by atoms with Crippen LogP contribution in [0.1, 0.15) is 20.8 Å². The maximum atomic E-state index is 13.5. The lowest BCUT2D eigenvalue weighted by molar-refractivity contribution is 0.170. The average molecular weight is 322 g/mol. The molecular weight excluding hydrogens is 304 g/mol. The van der Waals surface area contributed by atoms with Crippen molar-refractivity contribution in [2.75, 3.05) is 19.7 Å². The van der Waals surface area contributed by atoms with Crippen molar-refractivity contribution in [2.24, 2.45) is 5.41 Å². The molecule has 18 heavy (non-hydrogen) atoms. The van der Waals surface area contributed by atoms with Crippen LogP contribution in [0.3, 0.4) is 0 Å². The monoisotopic (exact) mass is 321 g/mol. The molecule has 2 nitrogen and oxygen atoms in total. The normalized spacial score (nSPS) is 11.7. The van der Waals surface area contributed by atoms with Gasteiger partial charge < -0.3 is 10.1 Å². The Labute approximate surface area is 115 Å². The number of halogens is 3. The fraction of sp³-hybridized carbons (Fsp3) is 0.538. The highest BCUT2D eigenvalue weighted by Gasteiger charge is 2.20. The van der Waals surface area contributed by atoms with Crippen LogP contribution < -0.4 is 10.1 Å². The van der Waals surface area contributed by atoms with E-state index in [1.807, 2.05) is 20.8 Å². The molecule has 0 spiro atoms. The molecule has 0 atom stereocenters. The first-order valence-electron chi connectivity index (χ1n) is 5.84. The van der Waals surface area contributed by atoms with Gasteiger partial charge in [-0.05, 0) is 18.7 Å². The number of rotatable bonds is 6. The Morgan fingerprint density at radius 3 is 2.61 bits per heavy atom. The third kappa shape index (κ3) is 4.53. The Morgan fingerprint density at radius 2 is 2.00 bits per heavy atom. The molecule has 0 amide bonds. The molecule has 0 aliphatic carbocycles. The van der Waals surface area contributed by atoms with Crippen molar-refractivity contribution in [3.8, 4) is 5.75 Å². The van der Waals surface area contributed by atoms with Crippen molar-refractivity contribution in [1.82, 2.24) is 5.32 Å². The van der Waals surface area contributed by atoms with Crippen molar-refractivity contribution in [3.05, 3.63) is 28.2 Å². The summed E-state index contributed by atoms with van der Waals surface area (Å²) in [6.07, 6.45) is 0. The highest BCUT2D eigenvalue weighted by atomic mass is 79.9. The van der Waals surface area contributed by atoms with Crippen LogP contribution in [0.4, 0.5) is 8.78 Å². The lowest BCUT2D eigenvalue weighted by Crippen LogP contribution is -2.34. The molecule has 0 radical (unpaired) electrons. The van der Waals surface area contributed by atoms with Crippen LogP contribution in [0, 0.1) is 17.0 Å². The van der Waals surface area contributed by atoms with Crippen molar-refractivity contribution in [2.45, 2.75) is 20.8 Å². The van der Waals surface area contributed by atoms with Crippen molar-refractivity contribution < 1.29 is 13.5 Å². The molecule has 0 bridgehead atoms. The summed E-state index contributed by atoms with van der Waals surface area (Å²) in [5.41, 5.74) is -0.152. The van der Waals surface area contributed by atoms with E-state index in [1.165, 1.54) is 6.07 Å². The first kappa shape index (κ1) is 15.4. The fourth-order valence-corrected chi connectivity index (χ4v) is 1.83. The third-order valence-electron chi connectivity index (χ3n) is 2.43. The Bertz CT molecular complexity index is 410. The Morgan fingerprint density at radius 1 is 1.33 bits per heavy atom. The molecule has 0 aliphatic heterocycles. The summed E-state index contributed by atoms with van der Waals surface area (Å²) in [6.45, 7) is 7.95. The molecule has 102 valence electrons. The highest BCUT2D eigenvalue weighted by molar-refractivity contribution is 9.10. The minimum Gasteiger partial charge on any atom is -0.490 e. The van der Waals surface area contributed by atoms with E-state index >= 15 is 0 Å². The topological polar surface area (TPSA) is 21.3 Å². The second-order valence-electron chi connectivity index (χ2n) is 4.93. The molecule has 1 aromatic rings. The molecule has 1 aromatic carbocycles. The summed E-state index contributed by atoms with van der Waals surface area (Å²) in [7, 11) is 0. The van der Waals surface area contributed by atoms with Crippen molar-refractivity contribution >= 4 is 15.9 Å². The first-order chi connectivity index (χ1) is 8.35. The zero-order valence-corrected chi connectivity index (χ0v) is 12.4. The summed E-state index contributed by atoms with van der Waals surface area (Å²) >= 11 is 3.11. The van der Waals surface area contributed by atoms with Gasteiger partial charge in [0, 0.05) is 16.4 Å². The molecule has 0 saturated carbocycles. The molecule has 0 fully saturated rings. The largest absolute Gasteiger partial charge is 0.490 e. The molecule has 0 unspecified atom stereocenters. The summed E-state index contributed by atoms with van der Waals surface area (Å²) in [6, 6.07) is 2.51. The van der Waals surface area contributed by atoms with Gasteiger partial charge in [0.1, 0.15) is 0 Å².